The largest absolute Gasteiger partial charge is 0.455 e. The molecule has 6 aromatic rings. The van der Waals surface area contributed by atoms with Gasteiger partial charge in [-0.3, -0.25) is 0 Å². The summed E-state index contributed by atoms with van der Waals surface area (Å²) in [4.78, 5) is 0. The highest BCUT2D eigenvalue weighted by Gasteiger charge is 2.46. The lowest BCUT2D eigenvalue weighted by molar-refractivity contribution is 0.480. The maximum absolute atomic E-state index is 6.37. The summed E-state index contributed by atoms with van der Waals surface area (Å²) in [6, 6.07) is 42.2. The molecule has 0 fully saturated rings. The van der Waals surface area contributed by atoms with E-state index in [0.717, 1.165) is 44.9 Å². The predicted octanol–water partition coefficient (Wildman–Crippen LogP) is 10.0. The van der Waals surface area contributed by atoms with Crippen LogP contribution in [0.2, 0.25) is 0 Å². The Labute approximate surface area is 264 Å². The third kappa shape index (κ3) is 4.70. The number of nitrogen functional groups attached to an aromatic ring is 2. The standard InChI is InChI=1S/C41H36N2O2/c1-25-13-17-35(42)39(21-25)44-37-19-15-29(23-27(37)3)41(33-11-7-5-9-31(33)32-10-6-8-12-34(32)41)30-16-20-38(28(4)24-30)45-40-22-26(2)14-18-36(40)43/h5-24H,42-43H2,1-4H3. The van der Waals surface area contributed by atoms with Gasteiger partial charge in [-0.25, -0.2) is 0 Å². The molecule has 0 aromatic heterocycles. The molecule has 0 radical (unpaired) electrons. The van der Waals surface area contributed by atoms with Crippen LogP contribution >= 0.6 is 0 Å². The van der Waals surface area contributed by atoms with Crippen molar-refractivity contribution < 1.29 is 9.47 Å². The van der Waals surface area contributed by atoms with Crippen LogP contribution < -0.4 is 20.9 Å². The minimum atomic E-state index is -0.551. The van der Waals surface area contributed by atoms with Gasteiger partial charge in [0.25, 0.3) is 0 Å². The number of hydrogen-bond donors (Lipinski definition) is 2. The molecule has 0 unspecified atom stereocenters. The second-order valence-corrected chi connectivity index (χ2v) is 12.1. The monoisotopic (exact) mass is 588 g/mol. The maximum atomic E-state index is 6.37. The molecule has 0 amide bonds. The number of hydrogen-bond acceptors (Lipinski definition) is 4. The van der Waals surface area contributed by atoms with Gasteiger partial charge < -0.3 is 20.9 Å². The van der Waals surface area contributed by atoms with Gasteiger partial charge in [-0.2, -0.15) is 0 Å². The van der Waals surface area contributed by atoms with E-state index >= 15 is 0 Å². The van der Waals surface area contributed by atoms with E-state index in [1.807, 2.05) is 50.2 Å². The molecule has 0 atom stereocenters. The smallest absolute Gasteiger partial charge is 0.150 e. The third-order valence-electron chi connectivity index (χ3n) is 8.95. The summed E-state index contributed by atoms with van der Waals surface area (Å²) in [5, 5.41) is 0. The summed E-state index contributed by atoms with van der Waals surface area (Å²) in [5.41, 5.74) is 24.8. The molecule has 1 aliphatic carbocycles. The minimum Gasteiger partial charge on any atom is -0.455 e. The van der Waals surface area contributed by atoms with E-state index < -0.39 is 5.41 Å². The molecular formula is C41H36N2O2. The van der Waals surface area contributed by atoms with Crippen LogP contribution in [0.3, 0.4) is 0 Å². The Hall–Kier alpha value is -5.48. The summed E-state index contributed by atoms with van der Waals surface area (Å²) in [5.74, 6) is 2.89. The fraction of sp³-hybridized carbons (Fsp3) is 0.122. The van der Waals surface area contributed by atoms with Gasteiger partial charge in [0.2, 0.25) is 0 Å². The van der Waals surface area contributed by atoms with Crippen molar-refractivity contribution in [3.05, 3.63) is 166 Å². The van der Waals surface area contributed by atoms with Gasteiger partial charge in [0.05, 0.1) is 16.8 Å². The quantitative estimate of drug-likeness (QED) is 0.190. The molecule has 0 saturated carbocycles. The van der Waals surface area contributed by atoms with Crippen LogP contribution in [0.1, 0.15) is 44.5 Å². The SMILES string of the molecule is Cc1ccc(N)c(Oc2ccc(C3(c4ccc(Oc5cc(C)ccc5N)c(C)c4)c4ccccc4-c4ccccc43)cc2C)c1. The highest BCUT2D eigenvalue weighted by Crippen LogP contribution is 2.56. The average Bonchev–Trinajstić information content (AvgIpc) is 3.34. The zero-order valence-electron chi connectivity index (χ0n) is 26.0. The molecule has 1 aliphatic rings. The van der Waals surface area contributed by atoms with Gasteiger partial charge in [-0.15, -0.1) is 0 Å². The lowest BCUT2D eigenvalue weighted by Crippen LogP contribution is -2.28. The summed E-state index contributed by atoms with van der Waals surface area (Å²) >= 11 is 0. The van der Waals surface area contributed by atoms with Gasteiger partial charge >= 0.3 is 0 Å². The van der Waals surface area contributed by atoms with Gasteiger partial charge in [0, 0.05) is 0 Å². The van der Waals surface area contributed by atoms with E-state index in [9.17, 15) is 0 Å². The van der Waals surface area contributed by atoms with Gasteiger partial charge in [-0.05, 0) is 120 Å². The van der Waals surface area contributed by atoms with Gasteiger partial charge in [-0.1, -0.05) is 84.9 Å². The Kier molecular flexibility index (Phi) is 6.86. The second kappa shape index (κ2) is 10.9. The van der Waals surface area contributed by atoms with E-state index in [1.165, 1.54) is 22.3 Å². The summed E-state index contributed by atoms with van der Waals surface area (Å²) in [6.45, 7) is 8.27. The first kappa shape index (κ1) is 28.3. The van der Waals surface area contributed by atoms with Crippen molar-refractivity contribution in [1.82, 2.24) is 0 Å². The fourth-order valence-corrected chi connectivity index (χ4v) is 6.71. The molecular weight excluding hydrogens is 552 g/mol. The van der Waals surface area contributed by atoms with Crippen molar-refractivity contribution in [2.75, 3.05) is 11.5 Å². The number of ether oxygens (including phenoxy) is 2. The number of fused-ring (bicyclic) bond motifs is 3. The lowest BCUT2D eigenvalue weighted by Gasteiger charge is -2.34. The number of anilines is 2. The van der Waals surface area contributed by atoms with Gasteiger partial charge in [0.15, 0.2) is 11.5 Å². The molecule has 4 heteroatoms. The fourth-order valence-electron chi connectivity index (χ4n) is 6.71. The predicted molar refractivity (Wildman–Crippen MR) is 185 cm³/mol. The maximum Gasteiger partial charge on any atom is 0.150 e. The number of aryl methyl sites for hydroxylation is 4. The van der Waals surface area contributed by atoms with Crippen molar-refractivity contribution in [3.63, 3.8) is 0 Å². The zero-order valence-corrected chi connectivity index (χ0v) is 26.0. The average molecular weight is 589 g/mol. The van der Waals surface area contributed by atoms with Crippen LogP contribution in [0.25, 0.3) is 11.1 Å². The third-order valence-corrected chi connectivity index (χ3v) is 8.95. The Morgan fingerprint density at radius 2 is 0.867 bits per heavy atom. The van der Waals surface area contributed by atoms with Crippen molar-refractivity contribution in [3.8, 4) is 34.1 Å². The molecule has 0 bridgehead atoms. The molecule has 4 nitrogen and oxygen atoms in total. The first-order valence-electron chi connectivity index (χ1n) is 15.3. The Morgan fingerprint density at radius 3 is 1.29 bits per heavy atom. The van der Waals surface area contributed by atoms with E-state index in [2.05, 4.69) is 98.8 Å². The van der Waals surface area contributed by atoms with Crippen molar-refractivity contribution in [2.45, 2.75) is 33.1 Å². The van der Waals surface area contributed by atoms with Crippen LogP contribution in [0.5, 0.6) is 23.0 Å². The Balaban J connectivity index is 1.40. The van der Waals surface area contributed by atoms with Crippen LogP contribution in [0.15, 0.2) is 121 Å². The minimum absolute atomic E-state index is 0.551. The molecule has 0 saturated heterocycles. The summed E-state index contributed by atoms with van der Waals surface area (Å²) in [7, 11) is 0. The van der Waals surface area contributed by atoms with Crippen molar-refractivity contribution >= 4 is 11.4 Å². The molecule has 0 aliphatic heterocycles. The molecule has 6 aromatic carbocycles. The van der Waals surface area contributed by atoms with E-state index in [4.69, 9.17) is 20.9 Å². The molecule has 45 heavy (non-hydrogen) atoms. The van der Waals surface area contributed by atoms with E-state index in [-0.39, 0.29) is 0 Å². The van der Waals surface area contributed by atoms with E-state index in [0.29, 0.717) is 22.9 Å². The Bertz CT molecular complexity index is 1940. The van der Waals surface area contributed by atoms with Crippen LogP contribution in [0, 0.1) is 27.7 Å². The molecule has 7 rings (SSSR count). The first-order valence-corrected chi connectivity index (χ1v) is 15.3. The molecule has 0 spiro atoms. The molecule has 4 N–H and O–H groups in total. The number of rotatable bonds is 6. The van der Waals surface area contributed by atoms with Crippen LogP contribution in [0.4, 0.5) is 11.4 Å². The van der Waals surface area contributed by atoms with Gasteiger partial charge in [0.1, 0.15) is 11.5 Å². The highest BCUT2D eigenvalue weighted by atomic mass is 16.5. The summed E-state index contributed by atoms with van der Waals surface area (Å²) < 4.78 is 12.7. The number of nitrogens with two attached hydrogens (primary N) is 2. The van der Waals surface area contributed by atoms with Crippen LogP contribution in [-0.2, 0) is 5.41 Å². The second-order valence-electron chi connectivity index (χ2n) is 12.1. The van der Waals surface area contributed by atoms with E-state index in [1.54, 1.807) is 0 Å². The first-order chi connectivity index (χ1) is 21.8. The molecule has 222 valence electrons. The topological polar surface area (TPSA) is 70.5 Å². The Morgan fingerprint density at radius 1 is 0.444 bits per heavy atom. The zero-order chi connectivity index (χ0) is 31.3. The highest BCUT2D eigenvalue weighted by molar-refractivity contribution is 5.86. The van der Waals surface area contributed by atoms with Crippen molar-refractivity contribution in [2.24, 2.45) is 0 Å². The lowest BCUT2D eigenvalue weighted by atomic mass is 9.67. The normalized spacial score (nSPS) is 12.8. The van der Waals surface area contributed by atoms with Crippen molar-refractivity contribution in [1.29, 1.82) is 0 Å². The number of benzene rings is 6. The molecule has 0 heterocycles. The van der Waals surface area contributed by atoms with Crippen LogP contribution in [-0.4, -0.2) is 0 Å². The summed E-state index contributed by atoms with van der Waals surface area (Å²) in [6.07, 6.45) is 0.